The SMILES string of the molecule is CCCCCCCCCCCCCCCCCCCCC(=O)O[C@H](COC(=O)CCCCCCCCCCCCCCCC)COP(=O)(O)OC[C@@H](O)COP(=O)(O)OC[C@@H](COC(=O)CCCCCCC)OC(=O)CCCCCCCCCCCCCC. The van der Waals surface area contributed by atoms with E-state index in [4.69, 9.17) is 37.0 Å². The second kappa shape index (κ2) is 64.8. The van der Waals surface area contributed by atoms with Crippen LogP contribution in [0.4, 0.5) is 0 Å². The van der Waals surface area contributed by atoms with Crippen LogP contribution in [0.15, 0.2) is 0 Å². The predicted octanol–water partition coefficient (Wildman–Crippen LogP) is 20.3. The van der Waals surface area contributed by atoms with Crippen LogP contribution in [0, 0.1) is 0 Å². The zero-order valence-electron chi connectivity index (χ0n) is 57.4. The van der Waals surface area contributed by atoms with E-state index in [0.29, 0.717) is 25.7 Å². The van der Waals surface area contributed by atoms with Gasteiger partial charge in [-0.05, 0) is 25.7 Å². The first-order valence-electron chi connectivity index (χ1n) is 36.8. The molecule has 2 unspecified atom stereocenters. The van der Waals surface area contributed by atoms with E-state index in [1.54, 1.807) is 0 Å². The van der Waals surface area contributed by atoms with E-state index < -0.39 is 97.5 Å². The summed E-state index contributed by atoms with van der Waals surface area (Å²) < 4.78 is 68.1. The molecule has 3 N–H and O–H groups in total. The number of carbonyl (C=O) groups is 4. The first-order valence-corrected chi connectivity index (χ1v) is 39.8. The summed E-state index contributed by atoms with van der Waals surface area (Å²) in [4.78, 5) is 72.3. The summed E-state index contributed by atoms with van der Waals surface area (Å²) in [7, 11) is -9.89. The van der Waals surface area contributed by atoms with E-state index in [1.807, 2.05) is 0 Å². The van der Waals surface area contributed by atoms with Gasteiger partial charge in [0.2, 0.25) is 0 Å². The van der Waals surface area contributed by atoms with Gasteiger partial charge in [-0.3, -0.25) is 37.3 Å². The number of phosphoric ester groups is 2. The van der Waals surface area contributed by atoms with Crippen molar-refractivity contribution >= 4 is 39.5 Å². The molecule has 89 heavy (non-hydrogen) atoms. The van der Waals surface area contributed by atoms with Crippen molar-refractivity contribution in [3.8, 4) is 0 Å². The number of hydrogen-bond acceptors (Lipinski definition) is 15. The monoisotopic (exact) mass is 1310 g/mol. The van der Waals surface area contributed by atoms with Crippen LogP contribution in [0.2, 0.25) is 0 Å². The second-order valence-electron chi connectivity index (χ2n) is 25.3. The molecule has 0 fully saturated rings. The molecule has 17 nitrogen and oxygen atoms in total. The smallest absolute Gasteiger partial charge is 0.462 e. The minimum absolute atomic E-state index is 0.107. The fraction of sp³-hybridized carbons (Fsp3) is 0.943. The van der Waals surface area contributed by atoms with Crippen LogP contribution in [-0.4, -0.2) is 96.7 Å². The topological polar surface area (TPSA) is 237 Å². The summed E-state index contributed by atoms with van der Waals surface area (Å²) in [5, 5.41) is 10.6. The molecule has 0 amide bonds. The molecule has 0 saturated heterocycles. The highest BCUT2D eigenvalue weighted by Gasteiger charge is 2.30. The Kier molecular flexibility index (Phi) is 63.3. The van der Waals surface area contributed by atoms with Crippen LogP contribution in [-0.2, 0) is 65.4 Å². The van der Waals surface area contributed by atoms with Gasteiger partial charge in [0.05, 0.1) is 26.4 Å². The number of aliphatic hydroxyl groups is 1. The fourth-order valence-corrected chi connectivity index (χ4v) is 12.3. The summed E-state index contributed by atoms with van der Waals surface area (Å²) in [6.07, 6.45) is 53.0. The second-order valence-corrected chi connectivity index (χ2v) is 28.2. The van der Waals surface area contributed by atoms with E-state index >= 15 is 0 Å². The third-order valence-electron chi connectivity index (χ3n) is 16.4. The van der Waals surface area contributed by atoms with E-state index in [-0.39, 0.29) is 25.7 Å². The fourth-order valence-electron chi connectivity index (χ4n) is 10.7. The average Bonchev–Trinajstić information content (AvgIpc) is 3.70. The Morgan fingerprint density at radius 3 is 0.663 bits per heavy atom. The zero-order valence-corrected chi connectivity index (χ0v) is 59.2. The average molecular weight is 1310 g/mol. The zero-order chi connectivity index (χ0) is 65.4. The Morgan fingerprint density at radius 1 is 0.270 bits per heavy atom. The van der Waals surface area contributed by atoms with E-state index in [9.17, 15) is 43.2 Å². The quantitative estimate of drug-likeness (QED) is 0.0222. The first-order chi connectivity index (χ1) is 43.2. The van der Waals surface area contributed by atoms with Crippen LogP contribution in [0.1, 0.15) is 368 Å². The molecule has 0 aliphatic carbocycles. The number of esters is 4. The Bertz CT molecular complexity index is 1710. The number of phosphoric acid groups is 2. The van der Waals surface area contributed by atoms with Gasteiger partial charge in [-0.2, -0.15) is 0 Å². The molecular formula is C70H136O17P2. The van der Waals surface area contributed by atoms with Crippen molar-refractivity contribution in [1.29, 1.82) is 0 Å². The lowest BCUT2D eigenvalue weighted by Gasteiger charge is -2.21. The molecular weight excluding hydrogens is 1170 g/mol. The maximum absolute atomic E-state index is 13.0. The van der Waals surface area contributed by atoms with Crippen molar-refractivity contribution in [2.75, 3.05) is 39.6 Å². The van der Waals surface area contributed by atoms with E-state index in [1.165, 1.54) is 193 Å². The number of rotatable bonds is 71. The highest BCUT2D eigenvalue weighted by Crippen LogP contribution is 2.45. The van der Waals surface area contributed by atoms with Gasteiger partial charge in [0, 0.05) is 25.7 Å². The molecule has 5 atom stereocenters. The minimum atomic E-state index is -4.95. The molecule has 0 spiro atoms. The van der Waals surface area contributed by atoms with Crippen LogP contribution < -0.4 is 0 Å². The highest BCUT2D eigenvalue weighted by molar-refractivity contribution is 7.47. The number of carbonyl (C=O) groups excluding carboxylic acids is 4. The summed E-state index contributed by atoms with van der Waals surface area (Å²) in [6.45, 7) is 4.86. The van der Waals surface area contributed by atoms with Gasteiger partial charge in [-0.15, -0.1) is 0 Å². The molecule has 0 saturated carbocycles. The third kappa shape index (κ3) is 64.6. The van der Waals surface area contributed by atoms with E-state index in [2.05, 4.69) is 27.7 Å². The largest absolute Gasteiger partial charge is 0.472 e. The molecule has 0 aliphatic heterocycles. The van der Waals surface area contributed by atoms with Crippen LogP contribution in [0.3, 0.4) is 0 Å². The lowest BCUT2D eigenvalue weighted by molar-refractivity contribution is -0.161. The molecule has 528 valence electrons. The van der Waals surface area contributed by atoms with Crippen molar-refractivity contribution in [2.45, 2.75) is 386 Å². The molecule has 0 radical (unpaired) electrons. The molecule has 0 rings (SSSR count). The maximum Gasteiger partial charge on any atom is 0.472 e. The first kappa shape index (κ1) is 87.1. The number of unbranched alkanes of at least 4 members (excludes halogenated alkanes) is 45. The standard InChI is InChI=1S/C70H136O17P2/c1-5-9-13-17-20-23-26-29-31-32-33-34-36-39-42-45-49-53-57-70(75)87-66(61-81-68(73)55-51-47-43-40-38-35-30-27-24-21-18-14-10-6-2)63-85-89(78,79)83-59-64(71)58-82-88(76,77)84-62-65(60-80-67(72)54-50-46-16-12-8-4)86-69(74)56-52-48-44-41-37-28-25-22-19-15-11-7-3/h64-66,71H,5-63H2,1-4H3,(H,76,77)(H,78,79)/t64-,65+,66+/m0/s1. The summed E-state index contributed by atoms with van der Waals surface area (Å²) >= 11 is 0. The van der Waals surface area contributed by atoms with Gasteiger partial charge in [0.15, 0.2) is 12.2 Å². The van der Waals surface area contributed by atoms with E-state index in [0.717, 1.165) is 96.3 Å². The van der Waals surface area contributed by atoms with Gasteiger partial charge in [0.25, 0.3) is 0 Å². The number of ether oxygens (including phenoxy) is 4. The van der Waals surface area contributed by atoms with Crippen molar-refractivity contribution in [1.82, 2.24) is 0 Å². The number of hydrogen-bond donors (Lipinski definition) is 3. The lowest BCUT2D eigenvalue weighted by Crippen LogP contribution is -2.30. The van der Waals surface area contributed by atoms with Crippen LogP contribution >= 0.6 is 15.6 Å². The Hall–Kier alpha value is -1.94. The predicted molar refractivity (Wildman–Crippen MR) is 359 cm³/mol. The molecule has 0 aromatic heterocycles. The summed E-state index contributed by atoms with van der Waals surface area (Å²) in [5.41, 5.74) is 0. The van der Waals surface area contributed by atoms with Gasteiger partial charge in [-0.25, -0.2) is 9.13 Å². The Morgan fingerprint density at radius 2 is 0.449 bits per heavy atom. The lowest BCUT2D eigenvalue weighted by atomic mass is 10.0. The van der Waals surface area contributed by atoms with Crippen molar-refractivity contribution < 1.29 is 80.2 Å². The molecule has 0 aromatic carbocycles. The van der Waals surface area contributed by atoms with Gasteiger partial charge >= 0.3 is 39.5 Å². The molecule has 0 aliphatic rings. The van der Waals surface area contributed by atoms with Crippen molar-refractivity contribution in [3.63, 3.8) is 0 Å². The molecule has 0 bridgehead atoms. The summed E-state index contributed by atoms with van der Waals surface area (Å²) in [5.74, 6) is -2.13. The third-order valence-corrected chi connectivity index (χ3v) is 18.3. The number of aliphatic hydroxyl groups excluding tert-OH is 1. The summed E-state index contributed by atoms with van der Waals surface area (Å²) in [6, 6.07) is 0. The normalized spacial score (nSPS) is 14.0. The maximum atomic E-state index is 13.0. The van der Waals surface area contributed by atoms with Gasteiger partial charge < -0.3 is 33.8 Å². The molecule has 19 heteroatoms. The van der Waals surface area contributed by atoms with Gasteiger partial charge in [0.1, 0.15) is 19.3 Å². The van der Waals surface area contributed by atoms with Crippen LogP contribution in [0.5, 0.6) is 0 Å². The van der Waals surface area contributed by atoms with Crippen molar-refractivity contribution in [2.24, 2.45) is 0 Å². The molecule has 0 heterocycles. The van der Waals surface area contributed by atoms with Gasteiger partial charge in [-0.1, -0.05) is 317 Å². The molecule has 0 aromatic rings. The minimum Gasteiger partial charge on any atom is -0.462 e. The Balaban J connectivity index is 5.14. The Labute approximate surface area is 543 Å². The van der Waals surface area contributed by atoms with Crippen molar-refractivity contribution in [3.05, 3.63) is 0 Å². The van der Waals surface area contributed by atoms with Crippen LogP contribution in [0.25, 0.3) is 0 Å². The highest BCUT2D eigenvalue weighted by atomic mass is 31.2.